The number of likely N-dealkylation sites (tertiary alicyclic amines) is 2. The van der Waals surface area contributed by atoms with Crippen molar-refractivity contribution in [1.29, 1.82) is 5.26 Å². The number of nitrogens with zero attached hydrogens (tertiary/aromatic N) is 4. The molecule has 10 heteroatoms. The Bertz CT molecular complexity index is 1470. The van der Waals surface area contributed by atoms with Gasteiger partial charge in [-0.2, -0.15) is 5.26 Å². The lowest BCUT2D eigenvalue weighted by atomic mass is 9.93. The van der Waals surface area contributed by atoms with Crippen LogP contribution >= 0.6 is 23.2 Å². The lowest BCUT2D eigenvalue weighted by Crippen LogP contribution is -2.59. The van der Waals surface area contributed by atoms with E-state index in [1.54, 1.807) is 11.0 Å². The van der Waals surface area contributed by atoms with Gasteiger partial charge in [0.25, 0.3) is 11.9 Å². The van der Waals surface area contributed by atoms with Gasteiger partial charge in [-0.05, 0) is 60.0 Å². The number of carbonyl (C=O) groups is 2. The molecule has 3 aromatic carbocycles. The summed E-state index contributed by atoms with van der Waals surface area (Å²) in [6.45, 7) is 6.26. The Labute approximate surface area is 256 Å². The summed E-state index contributed by atoms with van der Waals surface area (Å²) < 4.78 is 0. The average Bonchev–Trinajstić information content (AvgIpc) is 3.37. The molecule has 42 heavy (non-hydrogen) atoms. The molecule has 2 saturated heterocycles. The molecule has 0 aromatic heterocycles. The molecule has 5 rings (SSSR count). The van der Waals surface area contributed by atoms with E-state index >= 15 is 0 Å². The second-order valence-corrected chi connectivity index (χ2v) is 11.9. The molecular weight excluding hydrogens is 575 g/mol. The molecule has 2 atom stereocenters. The molecule has 0 radical (unpaired) electrons. The number of aliphatic carboxylic acids is 1. The summed E-state index contributed by atoms with van der Waals surface area (Å²) in [7, 11) is 1.82. The average molecular weight is 612 g/mol. The summed E-state index contributed by atoms with van der Waals surface area (Å²) in [5.41, 5.74) is 2.06. The van der Waals surface area contributed by atoms with Crippen LogP contribution in [-0.2, 0) is 4.79 Å². The third-order valence-electron chi connectivity index (χ3n) is 7.92. The molecule has 0 saturated carbocycles. The maximum atomic E-state index is 13.7. The summed E-state index contributed by atoms with van der Waals surface area (Å²) in [5, 5.41) is 29.5. The highest BCUT2D eigenvalue weighted by Crippen LogP contribution is 2.31. The lowest BCUT2D eigenvalue weighted by molar-refractivity contribution is -0.134. The van der Waals surface area contributed by atoms with E-state index < -0.39 is 5.97 Å². The largest absolute Gasteiger partial charge is 0.481 e. The van der Waals surface area contributed by atoms with Gasteiger partial charge >= 0.3 is 0 Å². The van der Waals surface area contributed by atoms with Crippen LogP contribution in [0.1, 0.15) is 47.2 Å². The maximum Gasteiger partial charge on any atom is 0.300 e. The Balaban J connectivity index is 0.000000952. The Kier molecular flexibility index (Phi) is 10.8. The van der Waals surface area contributed by atoms with E-state index in [-0.39, 0.29) is 17.9 Å². The zero-order valence-electron chi connectivity index (χ0n) is 23.8. The number of carboxylic acid groups (broad SMARTS) is 1. The first-order chi connectivity index (χ1) is 20.0. The number of aliphatic hydroxyl groups excluding tert-OH is 1. The van der Waals surface area contributed by atoms with E-state index in [0.717, 1.165) is 68.8 Å². The van der Waals surface area contributed by atoms with Crippen molar-refractivity contribution in [2.45, 2.75) is 37.8 Å². The third-order valence-corrected chi connectivity index (χ3v) is 8.66. The molecular formula is C32H36Cl2N4O4. The van der Waals surface area contributed by atoms with Crippen LogP contribution < -0.4 is 0 Å². The van der Waals surface area contributed by atoms with Crippen LogP contribution in [0, 0.1) is 11.3 Å². The molecule has 1 amide bonds. The summed E-state index contributed by atoms with van der Waals surface area (Å²) in [6.07, 6.45) is 1.54. The standard InChI is InChI=1S/C30H32Cl2N4O2.C2H4O2/c1-34(30(38)27-13-20(15-33)12-22-4-2-3-5-26(22)27)16-23(21-6-7-28(31)29(32)14-21)8-10-35-17-24(18-35)36-11-9-25(37)19-36;1-2(3)4/h2-7,12-14,23-25,37H,8-11,16-19H2,1H3;1H3,(H,3,4)/t23-,25?;/m1./s1. The highest BCUT2D eigenvalue weighted by molar-refractivity contribution is 6.42. The van der Waals surface area contributed by atoms with Crippen LogP contribution in [-0.4, -0.2) is 95.3 Å². The van der Waals surface area contributed by atoms with Gasteiger partial charge in [0.1, 0.15) is 0 Å². The van der Waals surface area contributed by atoms with Crippen LogP contribution in [0.15, 0.2) is 54.6 Å². The first-order valence-electron chi connectivity index (χ1n) is 14.0. The van der Waals surface area contributed by atoms with Gasteiger partial charge in [-0.3, -0.25) is 14.5 Å². The predicted molar refractivity (Wildman–Crippen MR) is 165 cm³/mol. The first kappa shape index (κ1) is 31.7. The fraction of sp³-hybridized carbons (Fsp3) is 0.406. The molecule has 2 fully saturated rings. The highest BCUT2D eigenvalue weighted by atomic mass is 35.5. The van der Waals surface area contributed by atoms with E-state index in [4.69, 9.17) is 33.1 Å². The SMILES string of the molecule is CC(=O)O.CN(C[C@@H](CCN1CC(N2CCC(O)C2)C1)c1ccc(Cl)c(Cl)c1)C(=O)c1cc(C#N)cc2ccccc12. The number of likely N-dealkylation sites (N-methyl/N-ethyl adjacent to an activating group) is 1. The van der Waals surface area contributed by atoms with Crippen molar-refractivity contribution in [3.05, 3.63) is 81.3 Å². The highest BCUT2D eigenvalue weighted by Gasteiger charge is 2.35. The first-order valence-corrected chi connectivity index (χ1v) is 14.8. The summed E-state index contributed by atoms with van der Waals surface area (Å²) >= 11 is 12.6. The molecule has 0 spiro atoms. The number of nitriles is 1. The van der Waals surface area contributed by atoms with Crippen molar-refractivity contribution in [2.75, 3.05) is 46.3 Å². The minimum absolute atomic E-state index is 0.0665. The number of halogens is 2. The monoisotopic (exact) mass is 610 g/mol. The van der Waals surface area contributed by atoms with Crippen molar-refractivity contribution in [2.24, 2.45) is 0 Å². The van der Waals surface area contributed by atoms with Crippen molar-refractivity contribution < 1.29 is 19.8 Å². The summed E-state index contributed by atoms with van der Waals surface area (Å²) in [5.74, 6) is -0.878. The number of carboxylic acids is 1. The maximum absolute atomic E-state index is 13.7. The molecule has 8 nitrogen and oxygen atoms in total. The molecule has 222 valence electrons. The third kappa shape index (κ3) is 8.00. The molecule has 2 heterocycles. The van der Waals surface area contributed by atoms with Crippen LogP contribution in [0.25, 0.3) is 10.8 Å². The quantitative estimate of drug-likeness (QED) is 0.365. The van der Waals surface area contributed by atoms with Gasteiger partial charge in [0.2, 0.25) is 0 Å². The second-order valence-electron chi connectivity index (χ2n) is 11.1. The minimum atomic E-state index is -0.833. The molecule has 3 aromatic rings. The van der Waals surface area contributed by atoms with E-state index in [2.05, 4.69) is 15.9 Å². The van der Waals surface area contributed by atoms with Crippen molar-refractivity contribution >= 4 is 45.9 Å². The van der Waals surface area contributed by atoms with Crippen LogP contribution in [0.5, 0.6) is 0 Å². The van der Waals surface area contributed by atoms with Gasteiger partial charge in [-0.15, -0.1) is 0 Å². The predicted octanol–water partition coefficient (Wildman–Crippen LogP) is 5.11. The summed E-state index contributed by atoms with van der Waals surface area (Å²) in [6, 6.07) is 19.6. The van der Waals surface area contributed by atoms with Gasteiger partial charge < -0.3 is 20.0 Å². The van der Waals surface area contributed by atoms with E-state index in [0.29, 0.717) is 33.8 Å². The van der Waals surface area contributed by atoms with Gasteiger partial charge in [-0.1, -0.05) is 53.5 Å². The molecule has 2 aliphatic heterocycles. The molecule has 2 aliphatic rings. The van der Waals surface area contributed by atoms with Gasteiger partial charge in [0.05, 0.1) is 27.8 Å². The topological polar surface area (TPSA) is 108 Å². The van der Waals surface area contributed by atoms with Crippen LogP contribution in [0.2, 0.25) is 10.0 Å². The second kappa shape index (κ2) is 14.3. The molecule has 2 N–H and O–H groups in total. The number of aliphatic hydroxyl groups is 1. The number of amides is 1. The summed E-state index contributed by atoms with van der Waals surface area (Å²) in [4.78, 5) is 29.2. The Morgan fingerprint density at radius 3 is 2.45 bits per heavy atom. The number of fused-ring (bicyclic) bond motifs is 1. The molecule has 1 unspecified atom stereocenters. The fourth-order valence-electron chi connectivity index (χ4n) is 5.70. The Morgan fingerprint density at radius 2 is 1.81 bits per heavy atom. The van der Waals surface area contributed by atoms with Crippen LogP contribution in [0.3, 0.4) is 0 Å². The Morgan fingerprint density at radius 1 is 1.10 bits per heavy atom. The van der Waals surface area contributed by atoms with E-state index in [1.807, 2.05) is 55.6 Å². The van der Waals surface area contributed by atoms with E-state index in [1.165, 1.54) is 0 Å². The normalized spacial score (nSPS) is 18.0. The number of benzene rings is 3. The van der Waals surface area contributed by atoms with Crippen molar-refractivity contribution in [1.82, 2.24) is 14.7 Å². The lowest BCUT2D eigenvalue weighted by Gasteiger charge is -2.44. The number of hydrogen-bond donors (Lipinski definition) is 2. The van der Waals surface area contributed by atoms with Gasteiger partial charge in [-0.25, -0.2) is 0 Å². The zero-order chi connectivity index (χ0) is 30.4. The number of carbonyl (C=O) groups excluding carboxylic acids is 1. The fourth-order valence-corrected chi connectivity index (χ4v) is 6.00. The number of β-amino-alcohol motifs (C(OH)–C–C–N with tert-alkyl or cyclic N) is 1. The van der Waals surface area contributed by atoms with Crippen molar-refractivity contribution in [3.63, 3.8) is 0 Å². The molecule has 0 aliphatic carbocycles. The van der Waals surface area contributed by atoms with Gasteiger partial charge in [0, 0.05) is 64.2 Å². The molecule has 0 bridgehead atoms. The van der Waals surface area contributed by atoms with Gasteiger partial charge in [0.15, 0.2) is 0 Å². The van der Waals surface area contributed by atoms with E-state index in [9.17, 15) is 15.2 Å². The number of hydrogen-bond acceptors (Lipinski definition) is 6. The zero-order valence-corrected chi connectivity index (χ0v) is 25.4. The van der Waals surface area contributed by atoms with Crippen molar-refractivity contribution in [3.8, 4) is 6.07 Å². The smallest absolute Gasteiger partial charge is 0.300 e. The minimum Gasteiger partial charge on any atom is -0.481 e. The number of rotatable bonds is 8. The Hall–Kier alpha value is -3.19. The van der Waals surface area contributed by atoms with Crippen LogP contribution in [0.4, 0.5) is 0 Å².